The van der Waals surface area contributed by atoms with Crippen LogP contribution in [-0.4, -0.2) is 41.5 Å². The van der Waals surface area contributed by atoms with Gasteiger partial charge in [0.2, 0.25) is 15.9 Å². The third-order valence-electron chi connectivity index (χ3n) is 4.06. The summed E-state index contributed by atoms with van der Waals surface area (Å²) >= 11 is 6.12. The van der Waals surface area contributed by atoms with Gasteiger partial charge in [0.25, 0.3) is 0 Å². The maximum Gasteiger partial charge on any atom is 0.248 e. The van der Waals surface area contributed by atoms with Crippen molar-refractivity contribution in [3.63, 3.8) is 0 Å². The van der Waals surface area contributed by atoms with Crippen LogP contribution in [0.3, 0.4) is 0 Å². The molecule has 1 amide bonds. The highest BCUT2D eigenvalue weighted by atomic mass is 35.5. The zero-order chi connectivity index (χ0) is 20.2. The van der Waals surface area contributed by atoms with Crippen molar-refractivity contribution < 1.29 is 13.2 Å². The molecule has 146 valence electrons. The Hall–Kier alpha value is -2.16. The number of amides is 1. The number of hydrogen-bond donors (Lipinski definition) is 1. The zero-order valence-electron chi connectivity index (χ0n) is 15.7. The summed E-state index contributed by atoms with van der Waals surface area (Å²) < 4.78 is 27.8. The van der Waals surface area contributed by atoms with Gasteiger partial charge in [-0.05, 0) is 37.3 Å². The van der Waals surface area contributed by atoms with Gasteiger partial charge in [0.05, 0.1) is 10.6 Å². The molecule has 7 nitrogen and oxygen atoms in total. The molecule has 27 heavy (non-hydrogen) atoms. The van der Waals surface area contributed by atoms with E-state index < -0.39 is 10.0 Å². The van der Waals surface area contributed by atoms with Crippen molar-refractivity contribution in [3.05, 3.63) is 46.8 Å². The first-order valence-electron chi connectivity index (χ1n) is 8.49. The first-order chi connectivity index (χ1) is 12.7. The molecule has 0 fully saturated rings. The van der Waals surface area contributed by atoms with Gasteiger partial charge in [-0.15, -0.1) is 0 Å². The van der Waals surface area contributed by atoms with Gasteiger partial charge in [0, 0.05) is 37.5 Å². The Morgan fingerprint density at radius 3 is 2.33 bits per heavy atom. The normalized spacial score (nSPS) is 12.1. The predicted octanol–water partition coefficient (Wildman–Crippen LogP) is 3.06. The van der Waals surface area contributed by atoms with E-state index in [4.69, 9.17) is 11.6 Å². The maximum atomic E-state index is 12.5. The van der Waals surface area contributed by atoms with E-state index in [1.807, 2.05) is 0 Å². The molecule has 1 heterocycles. The summed E-state index contributed by atoms with van der Waals surface area (Å²) in [6.45, 7) is 6.19. The zero-order valence-corrected chi connectivity index (χ0v) is 17.3. The molecular weight excluding hydrogens is 388 g/mol. The fraction of sp³-hybridized carbons (Fsp3) is 0.333. The molecule has 0 aliphatic rings. The lowest BCUT2D eigenvalue weighted by molar-refractivity contribution is -0.111. The second-order valence-electron chi connectivity index (χ2n) is 5.85. The van der Waals surface area contributed by atoms with Crippen LogP contribution in [0.25, 0.3) is 6.08 Å². The van der Waals surface area contributed by atoms with E-state index in [0.717, 1.165) is 5.69 Å². The van der Waals surface area contributed by atoms with Crippen molar-refractivity contribution in [2.45, 2.75) is 25.7 Å². The predicted molar refractivity (Wildman–Crippen MR) is 107 cm³/mol. The molecule has 0 bridgehead atoms. The van der Waals surface area contributed by atoms with Crippen LogP contribution in [0.5, 0.6) is 0 Å². The van der Waals surface area contributed by atoms with E-state index in [2.05, 4.69) is 10.4 Å². The van der Waals surface area contributed by atoms with Crippen molar-refractivity contribution in [1.82, 2.24) is 14.1 Å². The van der Waals surface area contributed by atoms with E-state index in [9.17, 15) is 13.2 Å². The van der Waals surface area contributed by atoms with Crippen LogP contribution in [0.15, 0.2) is 35.2 Å². The minimum atomic E-state index is -3.52. The van der Waals surface area contributed by atoms with Crippen LogP contribution in [-0.2, 0) is 21.9 Å². The highest BCUT2D eigenvalue weighted by Gasteiger charge is 2.21. The van der Waals surface area contributed by atoms with E-state index >= 15 is 0 Å². The number of nitrogens with one attached hydrogen (secondary N) is 1. The van der Waals surface area contributed by atoms with Gasteiger partial charge in [-0.1, -0.05) is 25.4 Å². The standard InChI is InChI=1S/C18H23ClN4O3S/c1-5-23(6-2)27(25,26)15-9-7-14(8-10-15)20-17(24)12-11-16-13(3)21-22(4)18(16)19/h7-12H,5-6H2,1-4H3,(H,20,24)/b12-11+. The van der Waals surface area contributed by atoms with Crippen LogP contribution < -0.4 is 5.32 Å². The minimum absolute atomic E-state index is 0.192. The average molecular weight is 411 g/mol. The third-order valence-corrected chi connectivity index (χ3v) is 6.57. The third kappa shape index (κ3) is 4.77. The number of benzene rings is 1. The SMILES string of the molecule is CCN(CC)S(=O)(=O)c1ccc(NC(=O)/C=C/c2c(C)nn(C)c2Cl)cc1. The van der Waals surface area contributed by atoms with Gasteiger partial charge >= 0.3 is 0 Å². The quantitative estimate of drug-likeness (QED) is 0.711. The largest absolute Gasteiger partial charge is 0.323 e. The van der Waals surface area contributed by atoms with E-state index in [1.54, 1.807) is 46.0 Å². The Morgan fingerprint density at radius 1 is 1.26 bits per heavy atom. The molecule has 0 radical (unpaired) electrons. The Kier molecular flexibility index (Phi) is 6.80. The molecule has 0 saturated carbocycles. The van der Waals surface area contributed by atoms with Crippen molar-refractivity contribution in [3.8, 4) is 0 Å². The Labute approximate surface area is 164 Å². The van der Waals surface area contributed by atoms with Gasteiger partial charge in [0.15, 0.2) is 0 Å². The number of carbonyl (C=O) groups excluding carboxylic acids is 1. The lowest BCUT2D eigenvalue weighted by Crippen LogP contribution is -2.30. The van der Waals surface area contributed by atoms with Crippen molar-refractivity contribution in [2.75, 3.05) is 18.4 Å². The summed E-state index contributed by atoms with van der Waals surface area (Å²) in [4.78, 5) is 12.3. The molecule has 0 atom stereocenters. The highest BCUT2D eigenvalue weighted by molar-refractivity contribution is 7.89. The topological polar surface area (TPSA) is 84.3 Å². The monoisotopic (exact) mass is 410 g/mol. The smallest absolute Gasteiger partial charge is 0.248 e. The Balaban J connectivity index is 2.10. The number of aromatic nitrogens is 2. The lowest BCUT2D eigenvalue weighted by atomic mass is 10.2. The molecule has 0 unspecified atom stereocenters. The van der Waals surface area contributed by atoms with Crippen LogP contribution in [0.4, 0.5) is 5.69 Å². The van der Waals surface area contributed by atoms with Gasteiger partial charge in [-0.25, -0.2) is 8.42 Å². The maximum absolute atomic E-state index is 12.5. The fourth-order valence-corrected chi connectivity index (χ4v) is 4.30. The molecule has 2 rings (SSSR count). The number of hydrogen-bond acceptors (Lipinski definition) is 4. The van der Waals surface area contributed by atoms with Crippen molar-refractivity contribution >= 4 is 39.3 Å². The van der Waals surface area contributed by atoms with E-state index in [0.29, 0.717) is 29.5 Å². The minimum Gasteiger partial charge on any atom is -0.323 e. The molecule has 1 N–H and O–H groups in total. The van der Waals surface area contributed by atoms with Crippen molar-refractivity contribution in [2.24, 2.45) is 7.05 Å². The van der Waals surface area contributed by atoms with Gasteiger partial charge < -0.3 is 5.32 Å². The van der Waals surface area contributed by atoms with Crippen LogP contribution >= 0.6 is 11.6 Å². The molecule has 0 saturated heterocycles. The summed E-state index contributed by atoms with van der Waals surface area (Å²) in [5, 5.41) is 7.31. The summed E-state index contributed by atoms with van der Waals surface area (Å²) in [6, 6.07) is 6.08. The molecule has 2 aromatic rings. The summed E-state index contributed by atoms with van der Waals surface area (Å²) in [6.07, 6.45) is 2.95. The number of nitrogens with zero attached hydrogens (tertiary/aromatic N) is 3. The number of aryl methyl sites for hydroxylation is 2. The first-order valence-corrected chi connectivity index (χ1v) is 10.3. The molecule has 0 spiro atoms. The second kappa shape index (κ2) is 8.69. The van der Waals surface area contributed by atoms with Crippen LogP contribution in [0.2, 0.25) is 5.15 Å². The number of halogens is 1. The molecule has 0 aliphatic heterocycles. The van der Waals surface area contributed by atoms with Gasteiger partial charge in [0.1, 0.15) is 5.15 Å². The van der Waals surface area contributed by atoms with Crippen molar-refractivity contribution in [1.29, 1.82) is 0 Å². The van der Waals surface area contributed by atoms with E-state index in [1.165, 1.54) is 27.2 Å². The van der Waals surface area contributed by atoms with E-state index in [-0.39, 0.29) is 10.8 Å². The van der Waals surface area contributed by atoms with Gasteiger partial charge in [-0.3, -0.25) is 9.48 Å². The van der Waals surface area contributed by atoms with Gasteiger partial charge in [-0.2, -0.15) is 9.40 Å². The average Bonchev–Trinajstić information content (AvgIpc) is 2.86. The number of sulfonamides is 1. The Bertz CT molecular complexity index is 946. The number of carbonyl (C=O) groups is 1. The summed E-state index contributed by atoms with van der Waals surface area (Å²) in [7, 11) is -1.79. The second-order valence-corrected chi connectivity index (χ2v) is 8.15. The Morgan fingerprint density at radius 2 is 1.85 bits per heavy atom. The van der Waals surface area contributed by atoms with Crippen LogP contribution in [0.1, 0.15) is 25.1 Å². The lowest BCUT2D eigenvalue weighted by Gasteiger charge is -2.18. The number of rotatable bonds is 7. The van der Waals surface area contributed by atoms with Crippen LogP contribution in [0, 0.1) is 6.92 Å². The molecular formula is C18H23ClN4O3S. The molecule has 9 heteroatoms. The molecule has 1 aromatic carbocycles. The molecule has 1 aromatic heterocycles. The summed E-state index contributed by atoms with van der Waals surface area (Å²) in [5.41, 5.74) is 1.89. The number of anilines is 1. The molecule has 0 aliphatic carbocycles. The first kappa shape index (κ1) is 21.1. The fourth-order valence-electron chi connectivity index (χ4n) is 2.60. The summed E-state index contributed by atoms with van der Waals surface area (Å²) in [5.74, 6) is -0.353. The highest BCUT2D eigenvalue weighted by Crippen LogP contribution is 2.21.